The number of anilines is 1. The van der Waals surface area contributed by atoms with Crippen LogP contribution in [0.1, 0.15) is 27.2 Å². The van der Waals surface area contributed by atoms with Gasteiger partial charge in [0.15, 0.2) is 0 Å². The number of nitrogens with zero attached hydrogens (tertiary/aromatic N) is 2. The Labute approximate surface area is 140 Å². The van der Waals surface area contributed by atoms with Crippen molar-refractivity contribution in [1.82, 2.24) is 9.88 Å². The van der Waals surface area contributed by atoms with Gasteiger partial charge in [-0.15, -0.1) is 0 Å². The number of nitrogens with one attached hydrogen (secondary N) is 1. The molecule has 1 amide bonds. The number of pyridine rings is 1. The minimum Gasteiger partial charge on any atom is -0.444 e. The minimum atomic E-state index is -0.499. The summed E-state index contributed by atoms with van der Waals surface area (Å²) < 4.78 is 19.3. The largest absolute Gasteiger partial charge is 0.444 e. The van der Waals surface area contributed by atoms with Crippen LogP contribution in [0, 0.1) is 5.82 Å². The van der Waals surface area contributed by atoms with Crippen molar-refractivity contribution >= 4 is 22.7 Å². The Balaban J connectivity index is 1.70. The fourth-order valence-electron chi connectivity index (χ4n) is 2.85. The molecular weight excluding hydrogens is 309 g/mol. The second-order valence-electron chi connectivity index (χ2n) is 7.05. The average molecular weight is 331 g/mol. The van der Waals surface area contributed by atoms with Crippen LogP contribution < -0.4 is 5.32 Å². The fourth-order valence-corrected chi connectivity index (χ4v) is 2.85. The molecule has 2 aromatic rings. The molecule has 0 radical (unpaired) electrons. The van der Waals surface area contributed by atoms with E-state index in [0.717, 1.165) is 17.5 Å². The highest BCUT2D eigenvalue weighted by atomic mass is 19.1. The van der Waals surface area contributed by atoms with Crippen LogP contribution in [0.25, 0.3) is 10.9 Å². The fraction of sp³-hybridized carbons (Fsp3) is 0.444. The van der Waals surface area contributed by atoms with E-state index >= 15 is 0 Å². The maximum absolute atomic E-state index is 13.8. The summed E-state index contributed by atoms with van der Waals surface area (Å²) in [5.41, 5.74) is 0.682. The number of hydrogen-bond donors (Lipinski definition) is 1. The predicted octanol–water partition coefficient (Wildman–Crippen LogP) is 3.80. The average Bonchev–Trinajstić information content (AvgIpc) is 2.98. The highest BCUT2D eigenvalue weighted by Crippen LogP contribution is 2.26. The lowest BCUT2D eigenvalue weighted by Crippen LogP contribution is -2.36. The molecule has 128 valence electrons. The number of benzene rings is 1. The Kier molecular flexibility index (Phi) is 4.30. The molecule has 6 heteroatoms. The van der Waals surface area contributed by atoms with E-state index in [1.807, 2.05) is 26.8 Å². The van der Waals surface area contributed by atoms with Gasteiger partial charge in [-0.1, -0.05) is 0 Å². The number of likely N-dealkylation sites (tertiary alicyclic amines) is 1. The number of rotatable bonds is 2. The monoisotopic (exact) mass is 331 g/mol. The maximum atomic E-state index is 13.8. The lowest BCUT2D eigenvalue weighted by atomic mass is 10.1. The van der Waals surface area contributed by atoms with Crippen molar-refractivity contribution in [3.63, 3.8) is 0 Å². The molecule has 5 nitrogen and oxygen atoms in total. The Hall–Kier alpha value is -2.37. The van der Waals surface area contributed by atoms with Crippen LogP contribution >= 0.6 is 0 Å². The van der Waals surface area contributed by atoms with Crippen LogP contribution in [-0.4, -0.2) is 40.7 Å². The van der Waals surface area contributed by atoms with Gasteiger partial charge in [0.1, 0.15) is 16.9 Å². The van der Waals surface area contributed by atoms with Gasteiger partial charge in [0.05, 0.1) is 0 Å². The SMILES string of the molecule is CC(C)(C)OC(=O)N1CC[C@H](Nc2ccc(F)c3ncccc23)C1. The van der Waals surface area contributed by atoms with Crippen molar-refractivity contribution in [2.24, 2.45) is 0 Å². The van der Waals surface area contributed by atoms with Gasteiger partial charge >= 0.3 is 6.09 Å². The van der Waals surface area contributed by atoms with Crippen molar-refractivity contribution in [1.29, 1.82) is 0 Å². The third kappa shape index (κ3) is 3.58. The molecular formula is C18H22FN3O2. The molecule has 1 aliphatic heterocycles. The summed E-state index contributed by atoms with van der Waals surface area (Å²) in [6.07, 6.45) is 2.10. The van der Waals surface area contributed by atoms with Gasteiger partial charge in [-0.2, -0.15) is 0 Å². The van der Waals surface area contributed by atoms with E-state index in [0.29, 0.717) is 18.6 Å². The van der Waals surface area contributed by atoms with Crippen LogP contribution in [0.2, 0.25) is 0 Å². The van der Waals surface area contributed by atoms with Crippen LogP contribution in [0.5, 0.6) is 0 Å². The Morgan fingerprint density at radius 2 is 2.17 bits per heavy atom. The summed E-state index contributed by atoms with van der Waals surface area (Å²) in [6.45, 7) is 6.77. The van der Waals surface area contributed by atoms with Gasteiger partial charge in [0.25, 0.3) is 0 Å². The zero-order valence-corrected chi connectivity index (χ0v) is 14.2. The van der Waals surface area contributed by atoms with Crippen molar-refractivity contribution in [2.45, 2.75) is 38.8 Å². The van der Waals surface area contributed by atoms with Crippen molar-refractivity contribution in [2.75, 3.05) is 18.4 Å². The molecule has 1 aromatic heterocycles. The van der Waals surface area contributed by atoms with E-state index in [1.54, 1.807) is 23.2 Å². The molecule has 0 saturated carbocycles. The highest BCUT2D eigenvalue weighted by molar-refractivity contribution is 5.91. The normalized spacial score (nSPS) is 18.0. The number of ether oxygens (including phenoxy) is 1. The Bertz CT molecular complexity index is 758. The summed E-state index contributed by atoms with van der Waals surface area (Å²) >= 11 is 0. The molecule has 1 aliphatic rings. The number of hydrogen-bond acceptors (Lipinski definition) is 4. The van der Waals surface area contributed by atoms with Crippen LogP contribution in [-0.2, 0) is 4.74 Å². The lowest BCUT2D eigenvalue weighted by Gasteiger charge is -2.24. The second kappa shape index (κ2) is 6.26. The lowest BCUT2D eigenvalue weighted by molar-refractivity contribution is 0.0293. The molecule has 2 heterocycles. The molecule has 0 aliphatic carbocycles. The van der Waals surface area contributed by atoms with Crippen LogP contribution in [0.15, 0.2) is 30.5 Å². The topological polar surface area (TPSA) is 54.5 Å². The summed E-state index contributed by atoms with van der Waals surface area (Å²) in [7, 11) is 0. The molecule has 3 rings (SSSR count). The highest BCUT2D eigenvalue weighted by Gasteiger charge is 2.30. The number of amides is 1. The first kappa shape index (κ1) is 16.5. The first-order chi connectivity index (χ1) is 11.3. The van der Waals surface area contributed by atoms with E-state index in [2.05, 4.69) is 10.3 Å². The van der Waals surface area contributed by atoms with E-state index in [9.17, 15) is 9.18 Å². The van der Waals surface area contributed by atoms with E-state index in [-0.39, 0.29) is 18.0 Å². The molecule has 1 N–H and O–H groups in total. The molecule has 1 aromatic carbocycles. The van der Waals surface area contributed by atoms with Gasteiger partial charge in [-0.25, -0.2) is 9.18 Å². The number of fused-ring (bicyclic) bond motifs is 1. The number of carbonyl (C=O) groups excluding carboxylic acids is 1. The van der Waals surface area contributed by atoms with Gasteiger partial charge in [0, 0.05) is 36.4 Å². The van der Waals surface area contributed by atoms with Gasteiger partial charge in [0.2, 0.25) is 0 Å². The maximum Gasteiger partial charge on any atom is 0.410 e. The summed E-state index contributed by atoms with van der Waals surface area (Å²) in [5, 5.41) is 4.15. The minimum absolute atomic E-state index is 0.103. The Morgan fingerprint density at radius 3 is 2.92 bits per heavy atom. The third-order valence-electron chi connectivity index (χ3n) is 3.92. The molecule has 0 unspecified atom stereocenters. The molecule has 0 spiro atoms. The van der Waals surface area contributed by atoms with Crippen LogP contribution in [0.4, 0.5) is 14.9 Å². The van der Waals surface area contributed by atoms with E-state index in [4.69, 9.17) is 4.74 Å². The predicted molar refractivity (Wildman–Crippen MR) is 91.5 cm³/mol. The zero-order valence-electron chi connectivity index (χ0n) is 14.2. The second-order valence-corrected chi connectivity index (χ2v) is 7.05. The summed E-state index contributed by atoms with van der Waals surface area (Å²) in [5.74, 6) is -0.335. The molecule has 0 bridgehead atoms. The molecule has 24 heavy (non-hydrogen) atoms. The number of carbonyl (C=O) groups is 1. The van der Waals surface area contributed by atoms with Gasteiger partial charge < -0.3 is 15.0 Å². The van der Waals surface area contributed by atoms with Gasteiger partial charge in [-0.05, 0) is 51.5 Å². The van der Waals surface area contributed by atoms with Gasteiger partial charge in [-0.3, -0.25) is 4.98 Å². The smallest absolute Gasteiger partial charge is 0.410 e. The van der Waals surface area contributed by atoms with E-state index < -0.39 is 5.60 Å². The quantitative estimate of drug-likeness (QED) is 0.909. The summed E-state index contributed by atoms with van der Waals surface area (Å²) in [4.78, 5) is 17.9. The van der Waals surface area contributed by atoms with Crippen molar-refractivity contribution in [3.8, 4) is 0 Å². The standard InChI is InChI=1S/C18H22FN3O2/c1-18(2,3)24-17(23)22-10-8-12(11-22)21-15-7-6-14(19)16-13(15)5-4-9-20-16/h4-7,9,12,21H,8,10-11H2,1-3H3/t12-/m0/s1. The first-order valence-corrected chi connectivity index (χ1v) is 8.11. The molecule has 1 atom stereocenters. The van der Waals surface area contributed by atoms with Crippen molar-refractivity contribution < 1.29 is 13.9 Å². The zero-order chi connectivity index (χ0) is 17.3. The van der Waals surface area contributed by atoms with Crippen LogP contribution in [0.3, 0.4) is 0 Å². The number of aromatic nitrogens is 1. The number of halogens is 1. The Morgan fingerprint density at radius 1 is 1.38 bits per heavy atom. The summed E-state index contributed by atoms with van der Waals surface area (Å²) in [6, 6.07) is 6.86. The molecule has 1 saturated heterocycles. The van der Waals surface area contributed by atoms with E-state index in [1.165, 1.54) is 6.07 Å². The first-order valence-electron chi connectivity index (χ1n) is 8.11. The third-order valence-corrected chi connectivity index (χ3v) is 3.92. The van der Waals surface area contributed by atoms with Crippen molar-refractivity contribution in [3.05, 3.63) is 36.3 Å². The molecule has 1 fully saturated rings.